The maximum absolute atomic E-state index is 14.6. The van der Waals surface area contributed by atoms with Crippen molar-refractivity contribution in [3.05, 3.63) is 51.5 Å². The highest BCUT2D eigenvalue weighted by Crippen LogP contribution is 2.64. The molecular weight excluding hydrogens is 455 g/mol. The number of rotatable bonds is 3. The van der Waals surface area contributed by atoms with Crippen LogP contribution < -0.4 is 5.32 Å². The van der Waals surface area contributed by atoms with Crippen molar-refractivity contribution in [3.63, 3.8) is 0 Å². The van der Waals surface area contributed by atoms with E-state index in [2.05, 4.69) is 31.2 Å². The molecule has 4 rings (SSSR count). The number of nitrogens with one attached hydrogen (secondary N) is 1. The summed E-state index contributed by atoms with van der Waals surface area (Å²) in [5.74, 6) is -5.59. The zero-order valence-corrected chi connectivity index (χ0v) is 16.1. The molecule has 2 amide bonds. The summed E-state index contributed by atoms with van der Waals surface area (Å²) >= 11 is 2.97. The van der Waals surface area contributed by atoms with Crippen molar-refractivity contribution in [3.8, 4) is 6.07 Å². The minimum Gasteiger partial charge on any atom is -0.328 e. The molecule has 1 aliphatic heterocycles. The lowest BCUT2D eigenvalue weighted by molar-refractivity contribution is -0.117. The smallest absolute Gasteiger partial charge is 0.260 e. The van der Waals surface area contributed by atoms with E-state index < -0.39 is 48.5 Å². The molecule has 1 aliphatic carbocycles. The summed E-state index contributed by atoms with van der Waals surface area (Å²) in [6, 6.07) is 4.37. The fourth-order valence-electron chi connectivity index (χ4n) is 3.54. The fourth-order valence-corrected chi connectivity index (χ4v) is 3.87. The molecule has 2 aromatic rings. The van der Waals surface area contributed by atoms with E-state index >= 15 is 0 Å². The molecule has 1 N–H and O–H groups in total. The minimum atomic E-state index is -3.19. The van der Waals surface area contributed by atoms with Gasteiger partial charge in [-0.25, -0.2) is 23.1 Å². The summed E-state index contributed by atoms with van der Waals surface area (Å²) in [4.78, 5) is 33.5. The summed E-state index contributed by atoms with van der Waals surface area (Å²) in [5, 5.41) is 11.1. The number of halogens is 4. The van der Waals surface area contributed by atoms with Crippen molar-refractivity contribution in [1.29, 1.82) is 5.26 Å². The second-order valence-corrected chi connectivity index (χ2v) is 7.72. The van der Waals surface area contributed by atoms with Crippen LogP contribution in [0.3, 0.4) is 0 Å². The van der Waals surface area contributed by atoms with E-state index in [4.69, 9.17) is 5.26 Å². The van der Waals surface area contributed by atoms with Crippen LogP contribution in [0.1, 0.15) is 27.9 Å². The number of nitriles is 1. The highest BCUT2D eigenvalue weighted by Gasteiger charge is 2.75. The molecule has 2 aliphatic rings. The average molecular weight is 466 g/mol. The maximum atomic E-state index is 14.6. The number of aromatic nitrogens is 2. The van der Waals surface area contributed by atoms with E-state index in [1.165, 1.54) is 24.5 Å². The Kier molecular flexibility index (Phi) is 4.34. The standard InChI is InChI=1S/C18H11BrF3N5O2/c19-11-2-1-10-13(14(11)20)17(7-18(17,21)22)8-27(15(10)29)6-12(28)26-16-24-4-9(3-23)5-25-16/h1-2,4-5H,6-8H2,(H,24,25,26,28)/t17-/m1/s1. The lowest BCUT2D eigenvalue weighted by atomic mass is 9.85. The number of anilines is 1. The zero-order valence-electron chi connectivity index (χ0n) is 14.5. The second-order valence-electron chi connectivity index (χ2n) is 6.86. The van der Waals surface area contributed by atoms with Gasteiger partial charge < -0.3 is 4.90 Å². The third kappa shape index (κ3) is 3.04. The summed E-state index contributed by atoms with van der Waals surface area (Å²) in [6.45, 7) is -1.02. The molecule has 2 heterocycles. The van der Waals surface area contributed by atoms with E-state index in [0.717, 1.165) is 4.90 Å². The number of alkyl halides is 2. The summed E-state index contributed by atoms with van der Waals surface area (Å²) in [6.07, 6.45) is 1.79. The summed E-state index contributed by atoms with van der Waals surface area (Å²) in [7, 11) is 0. The van der Waals surface area contributed by atoms with Crippen molar-refractivity contribution in [1.82, 2.24) is 14.9 Å². The van der Waals surface area contributed by atoms with Gasteiger partial charge in [0.05, 0.1) is 27.8 Å². The highest BCUT2D eigenvalue weighted by atomic mass is 79.9. The molecule has 0 saturated heterocycles. The third-order valence-electron chi connectivity index (χ3n) is 5.02. The van der Waals surface area contributed by atoms with Crippen molar-refractivity contribution in [2.75, 3.05) is 18.4 Å². The molecule has 1 fully saturated rings. The molecule has 11 heteroatoms. The fraction of sp³-hybridized carbons (Fsp3) is 0.278. The molecule has 1 aromatic heterocycles. The first kappa shape index (κ1) is 19.3. The van der Waals surface area contributed by atoms with Crippen molar-refractivity contribution < 1.29 is 22.8 Å². The van der Waals surface area contributed by atoms with Crippen LogP contribution in [-0.4, -0.2) is 45.7 Å². The molecule has 0 unspecified atom stereocenters. The first-order valence-corrected chi connectivity index (χ1v) is 9.15. The van der Waals surface area contributed by atoms with Crippen LogP contribution in [0.5, 0.6) is 0 Å². The Labute approximate surface area is 170 Å². The quantitative estimate of drug-likeness (QED) is 0.750. The number of carbonyl (C=O) groups excluding carboxylic acids is 2. The molecule has 1 spiro atoms. The molecule has 1 aromatic carbocycles. The van der Waals surface area contributed by atoms with Gasteiger partial charge in [0.15, 0.2) is 0 Å². The number of fused-ring (bicyclic) bond motifs is 2. The van der Waals surface area contributed by atoms with Gasteiger partial charge in [-0.3, -0.25) is 14.9 Å². The van der Waals surface area contributed by atoms with E-state index in [1.807, 2.05) is 6.07 Å². The molecule has 1 saturated carbocycles. The van der Waals surface area contributed by atoms with Crippen LogP contribution in [-0.2, 0) is 10.2 Å². The number of amides is 2. The van der Waals surface area contributed by atoms with Crippen molar-refractivity contribution in [2.24, 2.45) is 0 Å². The molecule has 0 bridgehead atoms. The number of hydrogen-bond acceptors (Lipinski definition) is 5. The Hall–Kier alpha value is -3.00. The van der Waals surface area contributed by atoms with Crippen LogP contribution in [0.4, 0.5) is 19.1 Å². The Morgan fingerprint density at radius 1 is 1.34 bits per heavy atom. The van der Waals surface area contributed by atoms with Crippen LogP contribution in [0.2, 0.25) is 0 Å². The summed E-state index contributed by atoms with van der Waals surface area (Å²) in [5.41, 5.74) is -2.16. The SMILES string of the molecule is N#Cc1cnc(NC(=O)CN2C[C@]3(CC3(F)F)c3c(ccc(Br)c3F)C2=O)nc1. The number of hydrogen-bond donors (Lipinski definition) is 1. The topological polar surface area (TPSA) is 99.0 Å². The highest BCUT2D eigenvalue weighted by molar-refractivity contribution is 9.10. The van der Waals surface area contributed by atoms with Gasteiger partial charge in [-0.2, -0.15) is 5.26 Å². The first-order valence-electron chi connectivity index (χ1n) is 8.36. The second kappa shape index (κ2) is 6.52. The Morgan fingerprint density at radius 2 is 2.00 bits per heavy atom. The molecular formula is C18H11BrF3N5O2. The van der Waals surface area contributed by atoms with Gasteiger partial charge in [0.2, 0.25) is 11.9 Å². The number of carbonyl (C=O) groups is 2. The van der Waals surface area contributed by atoms with Gasteiger partial charge in [0.1, 0.15) is 18.4 Å². The van der Waals surface area contributed by atoms with Gasteiger partial charge in [-0.1, -0.05) is 0 Å². The van der Waals surface area contributed by atoms with Gasteiger partial charge in [0.25, 0.3) is 11.8 Å². The van der Waals surface area contributed by atoms with Crippen LogP contribution in [0, 0.1) is 17.1 Å². The number of nitrogens with zero attached hydrogens (tertiary/aromatic N) is 4. The Balaban J connectivity index is 1.59. The lowest BCUT2D eigenvalue weighted by Crippen LogP contribution is -2.49. The first-order chi connectivity index (χ1) is 13.7. The van der Waals surface area contributed by atoms with Crippen LogP contribution in [0.25, 0.3) is 0 Å². The summed E-state index contributed by atoms with van der Waals surface area (Å²) < 4.78 is 43.1. The van der Waals surface area contributed by atoms with Gasteiger partial charge >= 0.3 is 0 Å². The van der Waals surface area contributed by atoms with Crippen LogP contribution in [0.15, 0.2) is 29.0 Å². The predicted molar refractivity (Wildman–Crippen MR) is 96.6 cm³/mol. The van der Waals surface area contributed by atoms with Gasteiger partial charge in [0, 0.05) is 24.1 Å². The van der Waals surface area contributed by atoms with E-state index in [9.17, 15) is 22.8 Å². The molecule has 148 valence electrons. The Morgan fingerprint density at radius 3 is 2.59 bits per heavy atom. The van der Waals surface area contributed by atoms with E-state index in [-0.39, 0.29) is 27.1 Å². The predicted octanol–water partition coefficient (Wildman–Crippen LogP) is 2.62. The Bertz CT molecular complexity index is 1090. The zero-order chi connectivity index (χ0) is 21.0. The lowest BCUT2D eigenvalue weighted by Gasteiger charge is -2.34. The van der Waals surface area contributed by atoms with Gasteiger partial charge in [-0.15, -0.1) is 0 Å². The monoisotopic (exact) mass is 465 g/mol. The van der Waals surface area contributed by atoms with Crippen molar-refractivity contribution in [2.45, 2.75) is 17.8 Å². The van der Waals surface area contributed by atoms with E-state index in [0.29, 0.717) is 0 Å². The van der Waals surface area contributed by atoms with Crippen molar-refractivity contribution >= 4 is 33.7 Å². The van der Waals surface area contributed by atoms with E-state index in [1.54, 1.807) is 0 Å². The maximum Gasteiger partial charge on any atom is 0.260 e. The molecule has 0 radical (unpaired) electrons. The molecule has 7 nitrogen and oxygen atoms in total. The third-order valence-corrected chi connectivity index (χ3v) is 5.63. The van der Waals surface area contributed by atoms with Crippen LogP contribution >= 0.6 is 15.9 Å². The normalized spacial score (nSPS) is 21.5. The van der Waals surface area contributed by atoms with Gasteiger partial charge in [-0.05, 0) is 28.1 Å². The molecule has 1 atom stereocenters. The number of benzene rings is 1. The average Bonchev–Trinajstić information content (AvgIpc) is 3.22. The largest absolute Gasteiger partial charge is 0.328 e. The molecule has 29 heavy (non-hydrogen) atoms. The minimum absolute atomic E-state index is 0.00437.